The van der Waals surface area contributed by atoms with E-state index in [0.29, 0.717) is 5.95 Å². The highest BCUT2D eigenvalue weighted by Gasteiger charge is 2.13. The molecule has 0 aliphatic heterocycles. The summed E-state index contributed by atoms with van der Waals surface area (Å²) in [6.45, 7) is 2.08. The zero-order chi connectivity index (χ0) is 14.1. The molecule has 1 heterocycles. The van der Waals surface area contributed by atoms with Crippen molar-refractivity contribution in [2.45, 2.75) is 6.92 Å². The van der Waals surface area contributed by atoms with Crippen LogP contribution in [0.5, 0.6) is 0 Å². The van der Waals surface area contributed by atoms with Crippen LogP contribution >= 0.6 is 0 Å². The summed E-state index contributed by atoms with van der Waals surface area (Å²) in [4.78, 5) is 10.7. The van der Waals surface area contributed by atoms with Gasteiger partial charge in [-0.3, -0.25) is 0 Å². The van der Waals surface area contributed by atoms with Gasteiger partial charge in [0.05, 0.1) is 5.52 Å². The maximum absolute atomic E-state index is 5.83. The third kappa shape index (κ3) is 2.05. The molecule has 0 atom stereocenters. The monoisotopic (exact) mass is 264 g/mol. The SMILES string of the molecule is Cc1ccccc1N(C)c1nc(N)nc2ccccc12. The molecule has 3 aromatic rings. The van der Waals surface area contributed by atoms with Gasteiger partial charge < -0.3 is 10.6 Å². The first kappa shape index (κ1) is 12.4. The van der Waals surface area contributed by atoms with Gasteiger partial charge in [-0.15, -0.1) is 0 Å². The molecule has 1 aromatic heterocycles. The van der Waals surface area contributed by atoms with E-state index in [1.807, 2.05) is 43.4 Å². The molecule has 0 fully saturated rings. The number of benzene rings is 2. The van der Waals surface area contributed by atoms with Crippen molar-refractivity contribution in [3.63, 3.8) is 0 Å². The fourth-order valence-electron chi connectivity index (χ4n) is 2.39. The zero-order valence-electron chi connectivity index (χ0n) is 11.5. The van der Waals surface area contributed by atoms with Gasteiger partial charge in [-0.25, -0.2) is 4.98 Å². The van der Waals surface area contributed by atoms with Crippen molar-refractivity contribution in [1.82, 2.24) is 9.97 Å². The standard InChI is InChI=1S/C16H16N4/c1-11-7-3-6-10-14(11)20(2)15-12-8-4-5-9-13(12)18-16(17)19-15/h3-10H,1-2H3,(H2,17,18,19). The molecule has 0 radical (unpaired) electrons. The van der Waals surface area contributed by atoms with Crippen LogP contribution < -0.4 is 10.6 Å². The highest BCUT2D eigenvalue weighted by molar-refractivity contribution is 5.92. The van der Waals surface area contributed by atoms with E-state index in [9.17, 15) is 0 Å². The van der Waals surface area contributed by atoms with Crippen LogP contribution in [0.25, 0.3) is 10.9 Å². The molecule has 0 bridgehead atoms. The topological polar surface area (TPSA) is 55.0 Å². The summed E-state index contributed by atoms with van der Waals surface area (Å²) in [6, 6.07) is 16.1. The molecular formula is C16H16N4. The first-order chi connectivity index (χ1) is 9.66. The van der Waals surface area contributed by atoms with E-state index in [1.165, 1.54) is 5.56 Å². The summed E-state index contributed by atoms with van der Waals surface area (Å²) >= 11 is 0. The molecule has 0 aliphatic rings. The molecule has 2 N–H and O–H groups in total. The van der Waals surface area contributed by atoms with Crippen molar-refractivity contribution in [3.05, 3.63) is 54.1 Å². The number of aromatic nitrogens is 2. The van der Waals surface area contributed by atoms with Crippen LogP contribution in [0.15, 0.2) is 48.5 Å². The van der Waals surface area contributed by atoms with E-state index >= 15 is 0 Å². The van der Waals surface area contributed by atoms with Crippen molar-refractivity contribution >= 4 is 28.4 Å². The first-order valence-corrected chi connectivity index (χ1v) is 6.48. The number of hydrogen-bond donors (Lipinski definition) is 1. The lowest BCUT2D eigenvalue weighted by Gasteiger charge is -2.22. The molecule has 0 saturated carbocycles. The Labute approximate surface area is 117 Å². The number of anilines is 3. The molecular weight excluding hydrogens is 248 g/mol. The Morgan fingerprint density at radius 2 is 1.65 bits per heavy atom. The van der Waals surface area contributed by atoms with Gasteiger partial charge in [0.2, 0.25) is 5.95 Å². The number of nitrogen functional groups attached to an aromatic ring is 1. The summed E-state index contributed by atoms with van der Waals surface area (Å²) < 4.78 is 0. The lowest BCUT2D eigenvalue weighted by atomic mass is 10.1. The van der Waals surface area contributed by atoms with Crippen molar-refractivity contribution in [2.24, 2.45) is 0 Å². The molecule has 0 spiro atoms. The lowest BCUT2D eigenvalue weighted by Crippen LogP contribution is -2.14. The Hall–Kier alpha value is -2.62. The van der Waals surface area contributed by atoms with Gasteiger partial charge >= 0.3 is 0 Å². The van der Waals surface area contributed by atoms with Crippen molar-refractivity contribution in [3.8, 4) is 0 Å². The van der Waals surface area contributed by atoms with Crippen molar-refractivity contribution in [1.29, 1.82) is 0 Å². The molecule has 0 saturated heterocycles. The predicted octanol–water partition coefficient (Wildman–Crippen LogP) is 3.29. The average Bonchev–Trinajstić information content (AvgIpc) is 2.46. The summed E-state index contributed by atoms with van der Waals surface area (Å²) in [7, 11) is 2.00. The quantitative estimate of drug-likeness (QED) is 0.771. The number of nitrogens with zero attached hydrogens (tertiary/aromatic N) is 3. The largest absolute Gasteiger partial charge is 0.368 e. The van der Waals surface area contributed by atoms with Gasteiger partial charge in [0, 0.05) is 18.1 Å². The Morgan fingerprint density at radius 3 is 2.45 bits per heavy atom. The Kier molecular flexibility index (Phi) is 2.99. The van der Waals surface area contributed by atoms with Crippen LogP contribution in [0.4, 0.5) is 17.5 Å². The molecule has 4 nitrogen and oxygen atoms in total. The molecule has 100 valence electrons. The maximum atomic E-state index is 5.83. The smallest absolute Gasteiger partial charge is 0.222 e. The average molecular weight is 264 g/mol. The van der Waals surface area contributed by atoms with Gasteiger partial charge in [-0.05, 0) is 30.7 Å². The number of hydrogen-bond acceptors (Lipinski definition) is 4. The molecule has 0 aliphatic carbocycles. The van der Waals surface area contributed by atoms with Gasteiger partial charge in [-0.1, -0.05) is 30.3 Å². The lowest BCUT2D eigenvalue weighted by molar-refractivity contribution is 1.11. The van der Waals surface area contributed by atoms with E-state index in [-0.39, 0.29) is 0 Å². The number of rotatable bonds is 2. The number of aryl methyl sites for hydroxylation is 1. The fourth-order valence-corrected chi connectivity index (χ4v) is 2.39. The van der Waals surface area contributed by atoms with Crippen LogP contribution in [0, 0.1) is 6.92 Å². The van der Waals surface area contributed by atoms with E-state index in [1.54, 1.807) is 0 Å². The van der Waals surface area contributed by atoms with Crippen LogP contribution in [0.2, 0.25) is 0 Å². The third-order valence-corrected chi connectivity index (χ3v) is 3.39. The maximum Gasteiger partial charge on any atom is 0.222 e. The van der Waals surface area contributed by atoms with E-state index in [2.05, 4.69) is 33.9 Å². The number of para-hydroxylation sites is 2. The van der Waals surface area contributed by atoms with Crippen molar-refractivity contribution in [2.75, 3.05) is 17.7 Å². The molecule has 20 heavy (non-hydrogen) atoms. The summed E-state index contributed by atoms with van der Waals surface area (Å²) in [6.07, 6.45) is 0. The van der Waals surface area contributed by atoms with Crippen LogP contribution in [-0.2, 0) is 0 Å². The molecule has 0 amide bonds. The van der Waals surface area contributed by atoms with Gasteiger partial charge in [0.25, 0.3) is 0 Å². The van der Waals surface area contributed by atoms with Crippen molar-refractivity contribution < 1.29 is 0 Å². The van der Waals surface area contributed by atoms with Crippen LogP contribution in [0.1, 0.15) is 5.56 Å². The Balaban J connectivity index is 2.21. The van der Waals surface area contributed by atoms with E-state index in [0.717, 1.165) is 22.4 Å². The van der Waals surface area contributed by atoms with Crippen LogP contribution in [0.3, 0.4) is 0 Å². The Bertz CT molecular complexity index is 767. The second kappa shape index (κ2) is 4.81. The minimum Gasteiger partial charge on any atom is -0.368 e. The second-order valence-corrected chi connectivity index (χ2v) is 4.77. The van der Waals surface area contributed by atoms with Gasteiger partial charge in [0.15, 0.2) is 0 Å². The summed E-state index contributed by atoms with van der Waals surface area (Å²) in [5, 5.41) is 0.993. The minimum atomic E-state index is 0.291. The fraction of sp³-hybridized carbons (Fsp3) is 0.125. The first-order valence-electron chi connectivity index (χ1n) is 6.48. The van der Waals surface area contributed by atoms with E-state index in [4.69, 9.17) is 5.73 Å². The third-order valence-electron chi connectivity index (χ3n) is 3.39. The van der Waals surface area contributed by atoms with Crippen LogP contribution in [-0.4, -0.2) is 17.0 Å². The normalized spacial score (nSPS) is 10.7. The number of nitrogens with two attached hydrogens (primary N) is 1. The molecule has 4 heteroatoms. The van der Waals surface area contributed by atoms with E-state index < -0.39 is 0 Å². The van der Waals surface area contributed by atoms with Gasteiger partial charge in [-0.2, -0.15) is 4.98 Å². The summed E-state index contributed by atoms with van der Waals surface area (Å²) in [5.41, 5.74) is 8.98. The highest BCUT2D eigenvalue weighted by atomic mass is 15.2. The molecule has 0 unspecified atom stereocenters. The second-order valence-electron chi connectivity index (χ2n) is 4.77. The molecule has 2 aromatic carbocycles. The number of fused-ring (bicyclic) bond motifs is 1. The zero-order valence-corrected chi connectivity index (χ0v) is 11.5. The minimum absolute atomic E-state index is 0.291. The Morgan fingerprint density at radius 1 is 0.950 bits per heavy atom. The summed E-state index contributed by atoms with van der Waals surface area (Å²) in [5.74, 6) is 1.11. The predicted molar refractivity (Wildman–Crippen MR) is 83.2 cm³/mol. The molecule has 3 rings (SSSR count). The van der Waals surface area contributed by atoms with Gasteiger partial charge in [0.1, 0.15) is 5.82 Å². The highest BCUT2D eigenvalue weighted by Crippen LogP contribution is 2.30.